The van der Waals surface area contributed by atoms with Gasteiger partial charge >= 0.3 is 5.97 Å². The Morgan fingerprint density at radius 3 is 2.80 bits per heavy atom. The quantitative estimate of drug-likeness (QED) is 0.479. The molecule has 35 heavy (non-hydrogen) atoms. The van der Waals surface area contributed by atoms with Gasteiger partial charge in [-0.1, -0.05) is 56.4 Å². The maximum atomic E-state index is 12.5. The molecule has 2 N–H and O–H groups in total. The van der Waals surface area contributed by atoms with Crippen LogP contribution in [-0.4, -0.2) is 35.0 Å². The van der Waals surface area contributed by atoms with Gasteiger partial charge in [0.1, 0.15) is 0 Å². The molecular formula is C31H42O4. The van der Waals surface area contributed by atoms with Crippen LogP contribution >= 0.6 is 0 Å². The van der Waals surface area contributed by atoms with Gasteiger partial charge in [-0.2, -0.15) is 0 Å². The van der Waals surface area contributed by atoms with Gasteiger partial charge in [-0.3, -0.25) is 0 Å². The number of aliphatic hydroxyl groups is 2. The van der Waals surface area contributed by atoms with Crippen molar-refractivity contribution >= 4 is 5.97 Å². The van der Waals surface area contributed by atoms with Gasteiger partial charge in [0.05, 0.1) is 24.4 Å². The number of hydrogen-bond acceptors (Lipinski definition) is 4. The van der Waals surface area contributed by atoms with Crippen molar-refractivity contribution in [3.05, 3.63) is 70.8 Å². The van der Waals surface area contributed by atoms with Crippen molar-refractivity contribution in [2.45, 2.75) is 84.3 Å². The normalized spacial score (nSPS) is 34.1. The van der Waals surface area contributed by atoms with Crippen molar-refractivity contribution in [2.75, 3.05) is 6.61 Å². The molecule has 0 bridgehead atoms. The maximum Gasteiger partial charge on any atom is 0.338 e. The molecule has 190 valence electrons. The minimum atomic E-state index is -0.644. The van der Waals surface area contributed by atoms with Crippen molar-refractivity contribution in [2.24, 2.45) is 23.2 Å². The lowest BCUT2D eigenvalue weighted by molar-refractivity contribution is 0.0523. The zero-order chi connectivity index (χ0) is 25.2. The number of benzene rings is 1. The van der Waals surface area contributed by atoms with Gasteiger partial charge in [0.2, 0.25) is 0 Å². The van der Waals surface area contributed by atoms with Gasteiger partial charge < -0.3 is 14.9 Å². The molecule has 0 saturated heterocycles. The van der Waals surface area contributed by atoms with Crippen LogP contribution in [0.25, 0.3) is 0 Å². The highest BCUT2D eigenvalue weighted by Gasteiger charge is 2.50. The highest BCUT2D eigenvalue weighted by Crippen LogP contribution is 2.59. The second-order valence-corrected chi connectivity index (χ2v) is 11.2. The largest absolute Gasteiger partial charge is 0.462 e. The lowest BCUT2D eigenvalue weighted by Gasteiger charge is -2.44. The Kier molecular flexibility index (Phi) is 8.02. The molecule has 0 spiro atoms. The monoisotopic (exact) mass is 478 g/mol. The van der Waals surface area contributed by atoms with Crippen LogP contribution in [-0.2, 0) is 11.2 Å². The van der Waals surface area contributed by atoms with E-state index in [0.29, 0.717) is 42.8 Å². The molecule has 0 heterocycles. The Morgan fingerprint density at radius 2 is 2.03 bits per heavy atom. The summed E-state index contributed by atoms with van der Waals surface area (Å²) in [6.45, 7) is 11.1. The van der Waals surface area contributed by atoms with E-state index in [1.54, 1.807) is 0 Å². The second kappa shape index (κ2) is 10.8. The highest BCUT2D eigenvalue weighted by atomic mass is 16.5. The molecule has 3 saturated carbocycles. The van der Waals surface area contributed by atoms with Gasteiger partial charge in [0.25, 0.3) is 0 Å². The average Bonchev–Trinajstić information content (AvgIpc) is 3.18. The molecule has 0 aliphatic heterocycles. The third kappa shape index (κ3) is 5.34. The summed E-state index contributed by atoms with van der Waals surface area (Å²) in [6, 6.07) is 7.90. The fraction of sp³-hybridized carbons (Fsp3) is 0.581. The van der Waals surface area contributed by atoms with E-state index >= 15 is 0 Å². The lowest BCUT2D eigenvalue weighted by atomic mass is 9.60. The minimum Gasteiger partial charge on any atom is -0.462 e. The standard InChI is InChI=1S/C31H42O4/c1-5-35-30(34)26-11-7-6-9-24(26)17-20(2)27-14-15-28-22(10-8-16-31(27,28)4)12-13-23-18-25(32)19-29(33)21(23)3/h6-7,9,11-13,20,25,27-29,32-33H,3,5,8,10,14-19H2,1-2,4H3/b22-12+,23-13-/t20-,25-,27-,28+,29+,31-/m1/s1. The molecule has 6 atom stereocenters. The number of ether oxygens (including phenoxy) is 1. The molecule has 3 aliphatic rings. The third-order valence-corrected chi connectivity index (χ3v) is 9.04. The first-order valence-electron chi connectivity index (χ1n) is 13.4. The predicted molar refractivity (Wildman–Crippen MR) is 140 cm³/mol. The average molecular weight is 479 g/mol. The number of rotatable bonds is 6. The van der Waals surface area contributed by atoms with Gasteiger partial charge in [-0.05, 0) is 97.8 Å². The summed E-state index contributed by atoms with van der Waals surface area (Å²) in [7, 11) is 0. The summed E-state index contributed by atoms with van der Waals surface area (Å²) in [4.78, 5) is 12.5. The molecule has 3 aliphatic carbocycles. The number of esters is 1. The first kappa shape index (κ1) is 25.9. The molecule has 1 aromatic carbocycles. The Labute approximate surface area is 210 Å². The van der Waals surface area contributed by atoms with E-state index in [2.05, 4.69) is 38.6 Å². The summed E-state index contributed by atoms with van der Waals surface area (Å²) in [5, 5.41) is 20.3. The summed E-state index contributed by atoms with van der Waals surface area (Å²) in [6.07, 6.45) is 11.1. The first-order valence-corrected chi connectivity index (χ1v) is 13.4. The fourth-order valence-electron chi connectivity index (χ4n) is 7.27. The van der Waals surface area contributed by atoms with Crippen molar-refractivity contribution in [1.29, 1.82) is 0 Å². The molecule has 4 heteroatoms. The molecule has 1 aromatic rings. The van der Waals surface area contributed by atoms with Gasteiger partial charge in [0.15, 0.2) is 0 Å². The van der Waals surface area contributed by atoms with Crippen LogP contribution < -0.4 is 0 Å². The summed E-state index contributed by atoms with van der Waals surface area (Å²) >= 11 is 0. The molecule has 0 radical (unpaired) electrons. The highest BCUT2D eigenvalue weighted by molar-refractivity contribution is 5.91. The SMILES string of the molecule is C=C1/C(=C\C=C2/CCC[C@]3(C)[C@@H]([C@H](C)Cc4ccccc4C(=O)OCC)CC[C@@H]23)C[C@@H](O)C[C@@H]1O. The predicted octanol–water partition coefficient (Wildman–Crippen LogP) is 6.18. The number of carbonyl (C=O) groups excluding carboxylic acids is 1. The van der Waals surface area contributed by atoms with Crippen molar-refractivity contribution in [1.82, 2.24) is 0 Å². The Hall–Kier alpha value is -2.17. The third-order valence-electron chi connectivity index (χ3n) is 9.04. The topological polar surface area (TPSA) is 66.8 Å². The summed E-state index contributed by atoms with van der Waals surface area (Å²) < 4.78 is 5.30. The molecule has 4 nitrogen and oxygen atoms in total. The Bertz CT molecular complexity index is 1000. The van der Waals surface area contributed by atoms with Crippen LogP contribution in [0.5, 0.6) is 0 Å². The van der Waals surface area contributed by atoms with E-state index in [-0.39, 0.29) is 11.4 Å². The number of hydrogen-bond donors (Lipinski definition) is 2. The minimum absolute atomic E-state index is 0.221. The summed E-state index contributed by atoms with van der Waals surface area (Å²) in [5.74, 6) is 1.42. The van der Waals surface area contributed by atoms with E-state index in [1.165, 1.54) is 31.3 Å². The van der Waals surface area contributed by atoms with E-state index < -0.39 is 12.2 Å². The zero-order valence-electron chi connectivity index (χ0n) is 21.6. The molecule has 3 fully saturated rings. The molecule has 0 amide bonds. The van der Waals surface area contributed by atoms with Crippen LogP contribution in [0.3, 0.4) is 0 Å². The molecule has 0 aromatic heterocycles. The van der Waals surface area contributed by atoms with Gasteiger partial charge in [-0.15, -0.1) is 0 Å². The molecule has 0 unspecified atom stereocenters. The zero-order valence-corrected chi connectivity index (χ0v) is 21.6. The molecule has 4 rings (SSSR count). The lowest BCUT2D eigenvalue weighted by Crippen LogP contribution is -2.36. The number of allylic oxidation sites excluding steroid dienone is 3. The second-order valence-electron chi connectivity index (χ2n) is 11.2. The van der Waals surface area contributed by atoms with Crippen LogP contribution in [0.1, 0.15) is 81.6 Å². The van der Waals surface area contributed by atoms with Crippen molar-refractivity contribution < 1.29 is 19.7 Å². The van der Waals surface area contributed by atoms with Crippen LogP contribution in [0.15, 0.2) is 59.7 Å². The van der Waals surface area contributed by atoms with E-state index in [4.69, 9.17) is 4.74 Å². The van der Waals surface area contributed by atoms with Gasteiger partial charge in [0, 0.05) is 6.42 Å². The smallest absolute Gasteiger partial charge is 0.338 e. The van der Waals surface area contributed by atoms with E-state index in [1.807, 2.05) is 25.1 Å². The number of carbonyl (C=O) groups is 1. The van der Waals surface area contributed by atoms with Crippen molar-refractivity contribution in [3.8, 4) is 0 Å². The maximum absolute atomic E-state index is 12.5. The van der Waals surface area contributed by atoms with Crippen LogP contribution in [0.4, 0.5) is 0 Å². The van der Waals surface area contributed by atoms with Crippen LogP contribution in [0.2, 0.25) is 0 Å². The van der Waals surface area contributed by atoms with E-state index in [0.717, 1.165) is 29.6 Å². The van der Waals surface area contributed by atoms with E-state index in [9.17, 15) is 15.0 Å². The first-order chi connectivity index (χ1) is 16.7. The Balaban J connectivity index is 1.52. The fourth-order valence-corrected chi connectivity index (χ4v) is 7.27. The van der Waals surface area contributed by atoms with Gasteiger partial charge in [-0.25, -0.2) is 4.79 Å². The van der Waals surface area contributed by atoms with Crippen LogP contribution in [0, 0.1) is 23.2 Å². The Morgan fingerprint density at radius 1 is 1.26 bits per heavy atom. The molecular weight excluding hydrogens is 436 g/mol. The number of fused-ring (bicyclic) bond motifs is 1. The van der Waals surface area contributed by atoms with Crippen molar-refractivity contribution in [3.63, 3.8) is 0 Å². The number of aliphatic hydroxyl groups excluding tert-OH is 2. The summed E-state index contributed by atoms with van der Waals surface area (Å²) in [5.41, 5.74) is 5.29.